The maximum Gasteiger partial charge on any atom is 0.0168 e. The van der Waals surface area contributed by atoms with Crippen molar-refractivity contribution in [2.75, 3.05) is 0 Å². The van der Waals surface area contributed by atoms with E-state index in [1.165, 1.54) is 12.8 Å². The molecule has 10 heavy (non-hydrogen) atoms. The van der Waals surface area contributed by atoms with Gasteiger partial charge in [-0.15, -0.1) is 0 Å². The zero-order valence-corrected chi connectivity index (χ0v) is 9.11. The van der Waals surface area contributed by atoms with Gasteiger partial charge >= 0.3 is 0 Å². The van der Waals surface area contributed by atoms with Crippen LogP contribution in [-0.2, 0) is 0 Å². The Kier molecular flexibility index (Phi) is 5.42. The molecule has 0 aromatic rings. The van der Waals surface area contributed by atoms with Crippen molar-refractivity contribution in [3.8, 4) is 0 Å². The fourth-order valence-electron chi connectivity index (χ4n) is 1.29. The molecule has 0 N–H and O–H groups in total. The van der Waals surface area contributed by atoms with Crippen molar-refractivity contribution < 1.29 is 0 Å². The van der Waals surface area contributed by atoms with Crippen LogP contribution >= 0.6 is 15.9 Å². The van der Waals surface area contributed by atoms with Crippen molar-refractivity contribution in [1.29, 1.82) is 0 Å². The van der Waals surface area contributed by atoms with Gasteiger partial charge in [0.05, 0.1) is 0 Å². The van der Waals surface area contributed by atoms with Gasteiger partial charge in [-0.1, -0.05) is 43.6 Å². The van der Waals surface area contributed by atoms with E-state index in [2.05, 4.69) is 43.6 Å². The Labute approximate surface area is 73.5 Å². The molecule has 0 aromatic carbocycles. The maximum absolute atomic E-state index is 3.67. The first-order chi connectivity index (χ1) is 4.57. The summed E-state index contributed by atoms with van der Waals surface area (Å²) in [6, 6.07) is 0. The largest absolute Gasteiger partial charge is 0.0888 e. The molecule has 0 saturated carbocycles. The highest BCUT2D eigenvalue weighted by Crippen LogP contribution is 2.22. The van der Waals surface area contributed by atoms with Crippen molar-refractivity contribution in [2.45, 2.75) is 45.4 Å². The van der Waals surface area contributed by atoms with Crippen molar-refractivity contribution in [2.24, 2.45) is 11.8 Å². The van der Waals surface area contributed by atoms with Crippen LogP contribution in [0, 0.1) is 11.8 Å². The highest BCUT2D eigenvalue weighted by molar-refractivity contribution is 9.09. The molecule has 0 rings (SSSR count). The van der Waals surface area contributed by atoms with Gasteiger partial charge in [0.1, 0.15) is 0 Å². The van der Waals surface area contributed by atoms with Crippen LogP contribution in [0.4, 0.5) is 0 Å². The zero-order chi connectivity index (χ0) is 8.15. The average Bonchev–Trinajstić information content (AvgIpc) is 1.85. The third kappa shape index (κ3) is 4.32. The van der Waals surface area contributed by atoms with Gasteiger partial charge in [-0.2, -0.15) is 0 Å². The van der Waals surface area contributed by atoms with Gasteiger partial charge in [0.15, 0.2) is 0 Å². The molecular formula is C9H19Br. The second-order valence-electron chi connectivity index (χ2n) is 3.53. The van der Waals surface area contributed by atoms with Gasteiger partial charge in [0.2, 0.25) is 0 Å². The molecule has 2 atom stereocenters. The minimum Gasteiger partial charge on any atom is -0.0888 e. The average molecular weight is 207 g/mol. The van der Waals surface area contributed by atoms with Crippen molar-refractivity contribution in [1.82, 2.24) is 0 Å². The minimum atomic E-state index is 0.718. The lowest BCUT2D eigenvalue weighted by Crippen LogP contribution is -2.11. The highest BCUT2D eigenvalue weighted by atomic mass is 79.9. The van der Waals surface area contributed by atoms with Crippen LogP contribution in [0.3, 0.4) is 0 Å². The van der Waals surface area contributed by atoms with Crippen LogP contribution in [0.25, 0.3) is 0 Å². The van der Waals surface area contributed by atoms with Gasteiger partial charge in [0, 0.05) is 4.83 Å². The van der Waals surface area contributed by atoms with Crippen LogP contribution in [0.15, 0.2) is 0 Å². The van der Waals surface area contributed by atoms with E-state index in [1.807, 2.05) is 0 Å². The Morgan fingerprint density at radius 3 is 2.00 bits per heavy atom. The summed E-state index contributed by atoms with van der Waals surface area (Å²) in [7, 11) is 0. The van der Waals surface area contributed by atoms with Gasteiger partial charge in [0.25, 0.3) is 0 Å². The van der Waals surface area contributed by atoms with E-state index in [-0.39, 0.29) is 0 Å². The summed E-state index contributed by atoms with van der Waals surface area (Å²) in [6.45, 7) is 9.12. The Balaban J connectivity index is 3.50. The first kappa shape index (κ1) is 10.5. The molecule has 0 nitrogen and oxygen atoms in total. The number of hydrogen-bond acceptors (Lipinski definition) is 0. The second-order valence-corrected chi connectivity index (χ2v) is 4.71. The van der Waals surface area contributed by atoms with E-state index in [4.69, 9.17) is 0 Å². The molecule has 0 aromatic heterocycles. The van der Waals surface area contributed by atoms with Crippen LogP contribution in [0.1, 0.15) is 40.5 Å². The monoisotopic (exact) mass is 206 g/mol. The third-order valence-electron chi connectivity index (χ3n) is 1.85. The predicted molar refractivity (Wildman–Crippen MR) is 51.6 cm³/mol. The highest BCUT2D eigenvalue weighted by Gasteiger charge is 2.12. The molecule has 0 fully saturated rings. The minimum absolute atomic E-state index is 0.718. The molecule has 62 valence electrons. The van der Waals surface area contributed by atoms with Gasteiger partial charge in [-0.25, -0.2) is 0 Å². The fourth-order valence-corrected chi connectivity index (χ4v) is 1.51. The van der Waals surface area contributed by atoms with E-state index in [0.717, 1.165) is 16.7 Å². The molecule has 0 aliphatic carbocycles. The molecule has 0 amide bonds. The van der Waals surface area contributed by atoms with E-state index < -0.39 is 0 Å². The van der Waals surface area contributed by atoms with E-state index in [0.29, 0.717) is 0 Å². The van der Waals surface area contributed by atoms with Crippen LogP contribution in [0.5, 0.6) is 0 Å². The molecule has 2 unspecified atom stereocenters. The van der Waals surface area contributed by atoms with Gasteiger partial charge in [-0.05, 0) is 24.7 Å². The van der Waals surface area contributed by atoms with Crippen molar-refractivity contribution in [3.63, 3.8) is 0 Å². The number of hydrogen-bond donors (Lipinski definition) is 0. The fraction of sp³-hybridized carbons (Fsp3) is 1.00. The number of halogens is 1. The zero-order valence-electron chi connectivity index (χ0n) is 7.52. The predicted octanol–water partition coefficient (Wildman–Crippen LogP) is 3.84. The Morgan fingerprint density at radius 2 is 1.70 bits per heavy atom. The van der Waals surface area contributed by atoms with E-state index in [1.54, 1.807) is 0 Å². The molecule has 0 saturated heterocycles. The SMILES string of the molecule is CCC(Br)C(C)CC(C)C. The molecule has 1 heteroatoms. The summed E-state index contributed by atoms with van der Waals surface area (Å²) in [4.78, 5) is 0.718. The normalized spacial score (nSPS) is 17.4. The van der Waals surface area contributed by atoms with Gasteiger partial charge in [-0.3, -0.25) is 0 Å². The van der Waals surface area contributed by atoms with Crippen molar-refractivity contribution >= 4 is 15.9 Å². The lowest BCUT2D eigenvalue weighted by atomic mass is 9.95. The molecule has 0 bridgehead atoms. The van der Waals surface area contributed by atoms with E-state index >= 15 is 0 Å². The second kappa shape index (κ2) is 5.17. The first-order valence-electron chi connectivity index (χ1n) is 4.22. The summed E-state index contributed by atoms with van der Waals surface area (Å²) < 4.78 is 0. The smallest absolute Gasteiger partial charge is 0.0168 e. The Hall–Kier alpha value is 0.480. The summed E-state index contributed by atoms with van der Waals surface area (Å²) in [5.74, 6) is 1.66. The molecule has 0 spiro atoms. The summed E-state index contributed by atoms with van der Waals surface area (Å²) >= 11 is 3.67. The number of alkyl halides is 1. The summed E-state index contributed by atoms with van der Waals surface area (Å²) in [5, 5.41) is 0. The lowest BCUT2D eigenvalue weighted by molar-refractivity contribution is 0.425. The molecule has 0 radical (unpaired) electrons. The Bertz CT molecular complexity index is 78.8. The summed E-state index contributed by atoms with van der Waals surface area (Å²) in [6.07, 6.45) is 2.58. The topological polar surface area (TPSA) is 0 Å². The molecule has 0 heterocycles. The maximum atomic E-state index is 3.67. The Morgan fingerprint density at radius 1 is 1.20 bits per heavy atom. The van der Waals surface area contributed by atoms with E-state index in [9.17, 15) is 0 Å². The quantitative estimate of drug-likeness (QED) is 0.614. The van der Waals surface area contributed by atoms with Crippen molar-refractivity contribution in [3.05, 3.63) is 0 Å². The van der Waals surface area contributed by atoms with Crippen LogP contribution in [-0.4, -0.2) is 4.83 Å². The molecule has 0 aliphatic heterocycles. The van der Waals surface area contributed by atoms with Gasteiger partial charge < -0.3 is 0 Å². The third-order valence-corrected chi connectivity index (χ3v) is 3.40. The standard InChI is InChI=1S/C9H19Br/c1-5-9(10)8(4)6-7(2)3/h7-9H,5-6H2,1-4H3. The van der Waals surface area contributed by atoms with Crippen LogP contribution < -0.4 is 0 Å². The molecule has 0 aliphatic rings. The lowest BCUT2D eigenvalue weighted by Gasteiger charge is -2.18. The number of rotatable bonds is 4. The summed E-state index contributed by atoms with van der Waals surface area (Å²) in [5.41, 5.74) is 0. The molecular weight excluding hydrogens is 188 g/mol. The van der Waals surface area contributed by atoms with Crippen LogP contribution in [0.2, 0.25) is 0 Å². The first-order valence-corrected chi connectivity index (χ1v) is 5.13.